The first-order chi connectivity index (χ1) is 8.90. The number of aryl methyl sites for hydroxylation is 1. The molecule has 0 saturated carbocycles. The van der Waals surface area contributed by atoms with Crippen molar-refractivity contribution in [3.8, 4) is 0 Å². The van der Waals surface area contributed by atoms with Crippen molar-refractivity contribution in [1.29, 1.82) is 0 Å². The summed E-state index contributed by atoms with van der Waals surface area (Å²) in [5, 5.41) is 4.10. The Kier molecular flexibility index (Phi) is 6.29. The monoisotopic (exact) mass is 308 g/mol. The molecule has 0 saturated heterocycles. The molecule has 0 N–H and O–H groups in total. The van der Waals surface area contributed by atoms with E-state index in [2.05, 4.69) is 12.0 Å². The zero-order chi connectivity index (χ0) is 14.5. The van der Waals surface area contributed by atoms with Crippen molar-refractivity contribution in [3.63, 3.8) is 0 Å². The summed E-state index contributed by atoms with van der Waals surface area (Å²) in [5.74, 6) is 0. The van der Waals surface area contributed by atoms with Crippen LogP contribution in [0.4, 0.5) is 0 Å². The van der Waals surface area contributed by atoms with Crippen LogP contribution >= 0.6 is 10.7 Å². The minimum Gasteiger partial charge on any atom is -0.372 e. The van der Waals surface area contributed by atoms with Crippen LogP contribution in [0, 0.1) is 0 Å². The molecule has 110 valence electrons. The van der Waals surface area contributed by atoms with Crippen LogP contribution in [0.5, 0.6) is 0 Å². The molecule has 0 aliphatic carbocycles. The SMILES string of the molecule is CCCCn1ncc(S(=O)(=O)Cl)c1CO[C@@H](C)CC. The van der Waals surface area contributed by atoms with Crippen LogP contribution in [-0.4, -0.2) is 24.3 Å². The van der Waals surface area contributed by atoms with Crippen molar-refractivity contribution < 1.29 is 13.2 Å². The van der Waals surface area contributed by atoms with E-state index in [1.165, 1.54) is 6.20 Å². The molecule has 0 aromatic carbocycles. The lowest BCUT2D eigenvalue weighted by Crippen LogP contribution is -2.13. The smallest absolute Gasteiger partial charge is 0.264 e. The van der Waals surface area contributed by atoms with Gasteiger partial charge in [0.25, 0.3) is 9.05 Å². The van der Waals surface area contributed by atoms with Crippen LogP contribution in [0.1, 0.15) is 45.7 Å². The largest absolute Gasteiger partial charge is 0.372 e. The van der Waals surface area contributed by atoms with Crippen LogP contribution in [0.3, 0.4) is 0 Å². The van der Waals surface area contributed by atoms with E-state index in [4.69, 9.17) is 15.4 Å². The van der Waals surface area contributed by atoms with Crippen LogP contribution in [0.2, 0.25) is 0 Å². The Bertz CT molecular complexity index is 499. The van der Waals surface area contributed by atoms with Crippen molar-refractivity contribution in [3.05, 3.63) is 11.9 Å². The Morgan fingerprint density at radius 1 is 1.47 bits per heavy atom. The Labute approximate surface area is 119 Å². The van der Waals surface area contributed by atoms with Crippen LogP contribution in [0.25, 0.3) is 0 Å². The molecule has 7 heteroatoms. The molecule has 0 amide bonds. The molecule has 1 aromatic heterocycles. The maximum absolute atomic E-state index is 11.5. The molecule has 1 heterocycles. The van der Waals surface area contributed by atoms with E-state index in [1.54, 1.807) is 4.68 Å². The summed E-state index contributed by atoms with van der Waals surface area (Å²) >= 11 is 0. The number of nitrogens with zero attached hydrogens (tertiary/aromatic N) is 2. The Morgan fingerprint density at radius 2 is 2.16 bits per heavy atom. The van der Waals surface area contributed by atoms with Gasteiger partial charge < -0.3 is 4.74 Å². The number of hydrogen-bond donors (Lipinski definition) is 0. The Balaban J connectivity index is 2.97. The van der Waals surface area contributed by atoms with Gasteiger partial charge in [0.1, 0.15) is 4.90 Å². The van der Waals surface area contributed by atoms with E-state index < -0.39 is 9.05 Å². The summed E-state index contributed by atoms with van der Waals surface area (Å²) in [4.78, 5) is 0.0496. The van der Waals surface area contributed by atoms with E-state index >= 15 is 0 Å². The average Bonchev–Trinajstić information content (AvgIpc) is 2.76. The molecule has 0 aliphatic heterocycles. The molecular formula is C12H21ClN2O3S. The number of halogens is 1. The third kappa shape index (κ3) is 4.78. The first kappa shape index (κ1) is 16.5. The second-order valence-electron chi connectivity index (χ2n) is 4.50. The lowest BCUT2D eigenvalue weighted by Gasteiger charge is -2.13. The van der Waals surface area contributed by atoms with Gasteiger partial charge in [0.05, 0.1) is 24.6 Å². The second-order valence-corrected chi connectivity index (χ2v) is 7.03. The molecule has 5 nitrogen and oxygen atoms in total. The quantitative estimate of drug-likeness (QED) is 0.693. The summed E-state index contributed by atoms with van der Waals surface area (Å²) < 4.78 is 30.3. The average molecular weight is 309 g/mol. The highest BCUT2D eigenvalue weighted by Gasteiger charge is 2.21. The molecular weight excluding hydrogens is 288 g/mol. The van der Waals surface area contributed by atoms with Gasteiger partial charge in [0.15, 0.2) is 0 Å². The van der Waals surface area contributed by atoms with E-state index in [1.807, 2.05) is 13.8 Å². The van der Waals surface area contributed by atoms with E-state index in [9.17, 15) is 8.42 Å². The summed E-state index contributed by atoms with van der Waals surface area (Å²) in [5.41, 5.74) is 0.531. The number of aromatic nitrogens is 2. The van der Waals surface area contributed by atoms with Gasteiger partial charge in [-0.25, -0.2) is 8.42 Å². The Hall–Kier alpha value is -0.590. The number of hydrogen-bond acceptors (Lipinski definition) is 4. The van der Waals surface area contributed by atoms with Gasteiger partial charge in [-0.2, -0.15) is 5.10 Å². The third-order valence-electron chi connectivity index (χ3n) is 2.98. The predicted molar refractivity (Wildman–Crippen MR) is 74.7 cm³/mol. The topological polar surface area (TPSA) is 61.2 Å². The standard InChI is InChI=1S/C12H21ClN2O3S/c1-4-6-7-15-11(9-18-10(3)5-2)12(8-14-15)19(13,16)17/h8,10H,4-7,9H2,1-3H3/t10-/m0/s1. The van der Waals surface area contributed by atoms with Gasteiger partial charge in [-0.1, -0.05) is 20.3 Å². The molecule has 0 radical (unpaired) electrons. The van der Waals surface area contributed by atoms with E-state index in [0.717, 1.165) is 19.3 Å². The minimum absolute atomic E-state index is 0.0496. The third-order valence-corrected chi connectivity index (χ3v) is 4.34. The Morgan fingerprint density at radius 3 is 2.68 bits per heavy atom. The van der Waals surface area contributed by atoms with E-state index in [0.29, 0.717) is 12.2 Å². The van der Waals surface area contributed by atoms with Gasteiger partial charge in [-0.05, 0) is 19.8 Å². The van der Waals surface area contributed by atoms with Gasteiger partial charge in [0, 0.05) is 17.2 Å². The van der Waals surface area contributed by atoms with Crippen molar-refractivity contribution in [1.82, 2.24) is 9.78 Å². The van der Waals surface area contributed by atoms with Crippen molar-refractivity contribution >= 4 is 19.7 Å². The van der Waals surface area contributed by atoms with Gasteiger partial charge >= 0.3 is 0 Å². The number of ether oxygens (including phenoxy) is 1. The molecule has 19 heavy (non-hydrogen) atoms. The molecule has 0 aliphatic rings. The fourth-order valence-corrected chi connectivity index (χ4v) is 2.59. The van der Waals surface area contributed by atoms with Gasteiger partial charge in [-0.3, -0.25) is 4.68 Å². The first-order valence-corrected chi connectivity index (χ1v) is 8.82. The summed E-state index contributed by atoms with van der Waals surface area (Å²) in [6, 6.07) is 0. The van der Waals surface area contributed by atoms with Gasteiger partial charge in [-0.15, -0.1) is 0 Å². The summed E-state index contributed by atoms with van der Waals surface area (Å²) in [6.45, 7) is 6.90. The zero-order valence-corrected chi connectivity index (χ0v) is 13.2. The van der Waals surface area contributed by atoms with Crippen LogP contribution in [-0.2, 0) is 26.9 Å². The van der Waals surface area contributed by atoms with Crippen molar-refractivity contribution in [2.75, 3.05) is 0 Å². The molecule has 1 atom stereocenters. The second kappa shape index (κ2) is 7.26. The van der Waals surface area contributed by atoms with E-state index in [-0.39, 0.29) is 17.6 Å². The molecule has 0 bridgehead atoms. The molecule has 0 unspecified atom stereocenters. The predicted octanol–water partition coefficient (Wildman–Crippen LogP) is 2.93. The fourth-order valence-electron chi connectivity index (χ4n) is 1.58. The summed E-state index contributed by atoms with van der Waals surface area (Å²) in [6.07, 6.45) is 4.17. The zero-order valence-electron chi connectivity index (χ0n) is 11.6. The fraction of sp³-hybridized carbons (Fsp3) is 0.750. The van der Waals surface area contributed by atoms with Crippen molar-refractivity contribution in [2.24, 2.45) is 0 Å². The highest BCUT2D eigenvalue weighted by atomic mass is 35.7. The van der Waals surface area contributed by atoms with Crippen molar-refractivity contribution in [2.45, 2.75) is 64.2 Å². The molecule has 1 rings (SSSR count). The maximum Gasteiger partial charge on any atom is 0.264 e. The normalized spacial score (nSPS) is 13.7. The molecule has 1 aromatic rings. The summed E-state index contributed by atoms with van der Waals surface area (Å²) in [7, 11) is 1.64. The lowest BCUT2D eigenvalue weighted by molar-refractivity contribution is 0.0452. The minimum atomic E-state index is -3.78. The maximum atomic E-state index is 11.5. The van der Waals surface area contributed by atoms with Gasteiger partial charge in [0.2, 0.25) is 0 Å². The molecule has 0 fully saturated rings. The first-order valence-electron chi connectivity index (χ1n) is 6.51. The van der Waals surface area contributed by atoms with Crippen LogP contribution < -0.4 is 0 Å². The number of unbranched alkanes of at least 4 members (excludes halogenated alkanes) is 1. The number of rotatable bonds is 8. The highest BCUT2D eigenvalue weighted by Crippen LogP contribution is 2.21. The lowest BCUT2D eigenvalue weighted by atomic mass is 10.3. The highest BCUT2D eigenvalue weighted by molar-refractivity contribution is 8.13. The van der Waals surface area contributed by atoms with Crippen LogP contribution in [0.15, 0.2) is 11.1 Å². The molecule has 0 spiro atoms.